The molecule has 13 nitrogen and oxygen atoms in total. The number of carbonyl (C=O) groups excluding carboxylic acids is 3. The van der Waals surface area contributed by atoms with E-state index in [9.17, 15) is 14.4 Å². The van der Waals surface area contributed by atoms with Crippen molar-refractivity contribution < 1.29 is 42.8 Å². The van der Waals surface area contributed by atoms with Gasteiger partial charge < -0.3 is 28.4 Å². The zero-order chi connectivity index (χ0) is 42.0. The summed E-state index contributed by atoms with van der Waals surface area (Å²) in [6.45, 7) is 0.629. The van der Waals surface area contributed by atoms with Crippen molar-refractivity contribution in [2.45, 2.75) is 57.4 Å². The summed E-state index contributed by atoms with van der Waals surface area (Å²) >= 11 is 0. The second-order valence-electron chi connectivity index (χ2n) is 15.2. The van der Waals surface area contributed by atoms with Crippen molar-refractivity contribution in [2.75, 3.05) is 37.7 Å². The van der Waals surface area contributed by atoms with Crippen molar-refractivity contribution >= 4 is 53.0 Å². The highest BCUT2D eigenvalue weighted by atomic mass is 16.5. The van der Waals surface area contributed by atoms with Crippen molar-refractivity contribution in [3.63, 3.8) is 0 Å². The molecule has 0 radical (unpaired) electrons. The van der Waals surface area contributed by atoms with Crippen LogP contribution in [0.15, 0.2) is 101 Å². The summed E-state index contributed by atoms with van der Waals surface area (Å²) in [5, 5.41) is 0. The average molecular weight is 821 g/mol. The number of esters is 1. The summed E-state index contributed by atoms with van der Waals surface area (Å²) in [4.78, 5) is 52.6. The van der Waals surface area contributed by atoms with Gasteiger partial charge in [0.2, 0.25) is 0 Å². The molecule has 2 atom stereocenters. The number of hydrogen-bond acceptors (Lipinski definition) is 11. The maximum absolute atomic E-state index is 13.9. The van der Waals surface area contributed by atoms with Crippen molar-refractivity contribution in [1.82, 2.24) is 0 Å². The maximum atomic E-state index is 13.9. The standard InChI is InChI=1S/C48H44N4O9/c1-56-42-21-36-38(49-25-33-19-31-10-4-6-12-40(31)51(33)47(36)54)23-44(42)60-27-29-16-30(18-35(17-29)59-15-9-8-14-46(53)58-3)28-61-45-24-39-37(22-43(45)57-2)48(55)52-34(26-50-39)20-32-11-5-7-13-41(32)52/h4-7,10-13,16-18,21-26,33-34H,8-9,14-15,19-20,27-28H2,1-3H3/t33-,34-/m0/s1. The molecule has 2 amide bonds. The summed E-state index contributed by atoms with van der Waals surface area (Å²) in [5.74, 6) is 1.68. The number of benzene rings is 5. The molecule has 0 saturated carbocycles. The van der Waals surface area contributed by atoms with Crippen molar-refractivity contribution in [3.8, 4) is 28.7 Å². The summed E-state index contributed by atoms with van der Waals surface area (Å²) in [7, 11) is 4.45. The number of aliphatic imine (C=N–C) groups is 2. The zero-order valence-electron chi connectivity index (χ0n) is 34.1. The highest BCUT2D eigenvalue weighted by Crippen LogP contribution is 2.43. The van der Waals surface area contributed by atoms with Crippen LogP contribution in [0, 0.1) is 0 Å². The lowest BCUT2D eigenvalue weighted by molar-refractivity contribution is -0.140. The van der Waals surface area contributed by atoms with Crippen LogP contribution in [0.4, 0.5) is 22.7 Å². The number of anilines is 2. The Morgan fingerprint density at radius 2 is 1.13 bits per heavy atom. The quantitative estimate of drug-likeness (QED) is 0.0803. The molecule has 13 heteroatoms. The van der Waals surface area contributed by atoms with Gasteiger partial charge >= 0.3 is 5.97 Å². The lowest BCUT2D eigenvalue weighted by atomic mass is 10.1. The van der Waals surface area contributed by atoms with E-state index in [4.69, 9.17) is 38.4 Å². The SMILES string of the molecule is COC(=O)CCCCOc1cc(COc2cc3c(cc2OC)C(=O)N2c4ccccc4C[C@H]2C=N3)cc(COc2cc3c(cc2OC)C(=O)N2c4ccccc4C[C@H]2C=N3)c1. The number of ether oxygens (including phenoxy) is 6. The van der Waals surface area contributed by atoms with Gasteiger partial charge in [0.1, 0.15) is 19.0 Å². The van der Waals surface area contributed by atoms with E-state index in [1.54, 1.807) is 34.1 Å². The monoisotopic (exact) mass is 820 g/mol. The lowest BCUT2D eigenvalue weighted by Gasteiger charge is -2.22. The van der Waals surface area contributed by atoms with Crippen LogP contribution in [0.3, 0.4) is 0 Å². The average Bonchev–Trinajstić information content (AvgIpc) is 3.78. The van der Waals surface area contributed by atoms with E-state index in [1.165, 1.54) is 21.3 Å². The number of nitrogens with zero attached hydrogens (tertiary/aromatic N) is 4. The molecule has 0 unspecified atom stereocenters. The fraction of sp³-hybridized carbons (Fsp3) is 0.271. The fourth-order valence-corrected chi connectivity index (χ4v) is 8.34. The molecule has 9 rings (SSSR count). The molecule has 0 spiro atoms. The first-order valence-electron chi connectivity index (χ1n) is 20.2. The van der Waals surface area contributed by atoms with Gasteiger partial charge in [0.15, 0.2) is 23.0 Å². The first-order valence-corrected chi connectivity index (χ1v) is 20.2. The molecule has 0 saturated heterocycles. The lowest BCUT2D eigenvalue weighted by Crippen LogP contribution is -2.37. The van der Waals surface area contributed by atoms with Gasteiger partial charge in [-0.25, -0.2) is 0 Å². The predicted molar refractivity (Wildman–Crippen MR) is 230 cm³/mol. The van der Waals surface area contributed by atoms with Crippen LogP contribution in [0.25, 0.3) is 0 Å². The molecule has 0 fully saturated rings. The molecule has 61 heavy (non-hydrogen) atoms. The first-order chi connectivity index (χ1) is 29.8. The normalized spacial score (nSPS) is 16.6. The minimum atomic E-state index is -0.262. The van der Waals surface area contributed by atoms with Crippen LogP contribution in [0.2, 0.25) is 0 Å². The molecule has 4 heterocycles. The minimum Gasteiger partial charge on any atom is -0.494 e. The van der Waals surface area contributed by atoms with Crippen LogP contribution >= 0.6 is 0 Å². The fourth-order valence-electron chi connectivity index (χ4n) is 8.34. The highest BCUT2D eigenvalue weighted by Gasteiger charge is 2.38. The number of unbranched alkanes of at least 4 members (excludes halogenated alkanes) is 1. The van der Waals surface area contributed by atoms with E-state index < -0.39 is 0 Å². The molecule has 4 aliphatic heterocycles. The second kappa shape index (κ2) is 16.8. The zero-order valence-corrected chi connectivity index (χ0v) is 34.1. The van der Waals surface area contributed by atoms with Gasteiger partial charge in [-0.2, -0.15) is 0 Å². The van der Waals surface area contributed by atoms with E-state index in [-0.39, 0.29) is 43.1 Å². The number of hydrogen-bond donors (Lipinski definition) is 0. The Kier molecular flexibility index (Phi) is 10.9. The molecular weight excluding hydrogens is 777 g/mol. The Balaban J connectivity index is 0.953. The first kappa shape index (κ1) is 39.3. The van der Waals surface area contributed by atoms with Crippen molar-refractivity contribution in [1.29, 1.82) is 0 Å². The Morgan fingerprint density at radius 3 is 1.62 bits per heavy atom. The Labute approximate surface area is 353 Å². The molecule has 5 aromatic carbocycles. The number of carbonyl (C=O) groups is 3. The number of para-hydroxylation sites is 2. The van der Waals surface area contributed by atoms with E-state index in [2.05, 4.69) is 0 Å². The van der Waals surface area contributed by atoms with Gasteiger partial charge in [-0.15, -0.1) is 0 Å². The van der Waals surface area contributed by atoms with Gasteiger partial charge in [0.05, 0.1) is 62.5 Å². The molecule has 0 aromatic heterocycles. The van der Waals surface area contributed by atoms with Crippen molar-refractivity contribution in [2.24, 2.45) is 9.98 Å². The number of rotatable bonds is 14. The molecule has 0 aliphatic carbocycles. The largest absolute Gasteiger partial charge is 0.494 e. The van der Waals surface area contributed by atoms with Gasteiger partial charge in [0, 0.05) is 55.2 Å². The van der Waals surface area contributed by atoms with E-state index in [0.717, 1.165) is 33.6 Å². The van der Waals surface area contributed by atoms with Crippen LogP contribution in [0.1, 0.15) is 62.2 Å². The Hall–Kier alpha value is -7.15. The Bertz CT molecular complexity index is 2440. The number of fused-ring (bicyclic) bond motifs is 8. The highest BCUT2D eigenvalue weighted by molar-refractivity contribution is 6.15. The Morgan fingerprint density at radius 1 is 0.623 bits per heavy atom. The van der Waals surface area contributed by atoms with E-state index in [0.29, 0.717) is 90.0 Å². The van der Waals surface area contributed by atoms with Gasteiger partial charge in [-0.05, 0) is 77.6 Å². The third-order valence-corrected chi connectivity index (χ3v) is 11.3. The van der Waals surface area contributed by atoms with Gasteiger partial charge in [-0.1, -0.05) is 36.4 Å². The minimum absolute atomic E-state index is 0.126. The third kappa shape index (κ3) is 7.74. The van der Waals surface area contributed by atoms with Crippen LogP contribution in [-0.4, -0.2) is 70.2 Å². The molecule has 0 bridgehead atoms. The smallest absolute Gasteiger partial charge is 0.305 e. The van der Waals surface area contributed by atoms with Gasteiger partial charge in [-0.3, -0.25) is 34.2 Å². The van der Waals surface area contributed by atoms with Gasteiger partial charge in [0.25, 0.3) is 11.8 Å². The number of amides is 2. The molecule has 310 valence electrons. The summed E-state index contributed by atoms with van der Waals surface area (Å²) in [6, 6.07) is 28.0. The molecule has 4 aliphatic rings. The van der Waals surface area contributed by atoms with Crippen LogP contribution in [-0.2, 0) is 35.6 Å². The van der Waals surface area contributed by atoms with Crippen molar-refractivity contribution in [3.05, 3.63) is 124 Å². The summed E-state index contributed by atoms with van der Waals surface area (Å²) in [5.41, 5.74) is 7.40. The maximum Gasteiger partial charge on any atom is 0.305 e. The second-order valence-corrected chi connectivity index (χ2v) is 15.2. The molecule has 0 N–H and O–H groups in total. The number of methoxy groups -OCH3 is 3. The van der Waals surface area contributed by atoms with E-state index >= 15 is 0 Å². The molecule has 5 aromatic rings. The third-order valence-electron chi connectivity index (χ3n) is 11.3. The topological polar surface area (TPSA) is 138 Å². The molecular formula is C48H44N4O9. The summed E-state index contributed by atoms with van der Waals surface area (Å²) in [6.07, 6.45) is 6.60. The summed E-state index contributed by atoms with van der Waals surface area (Å²) < 4.78 is 35.2. The van der Waals surface area contributed by atoms with E-state index in [1.807, 2.05) is 79.2 Å². The predicted octanol–water partition coefficient (Wildman–Crippen LogP) is 8.16. The van der Waals surface area contributed by atoms with Crippen LogP contribution in [0.5, 0.6) is 28.7 Å². The van der Waals surface area contributed by atoms with Crippen LogP contribution < -0.4 is 33.5 Å².